The first kappa shape index (κ1) is 15.1. The first-order chi connectivity index (χ1) is 9.85. The van der Waals surface area contributed by atoms with E-state index in [-0.39, 0.29) is 5.69 Å². The van der Waals surface area contributed by atoms with Gasteiger partial charge in [0.15, 0.2) is 0 Å². The molecule has 7 nitrogen and oxygen atoms in total. The van der Waals surface area contributed by atoms with E-state index in [1.807, 2.05) is 6.92 Å². The fourth-order valence-electron chi connectivity index (χ4n) is 2.28. The molecule has 1 aromatic carbocycles. The van der Waals surface area contributed by atoms with E-state index in [9.17, 15) is 14.9 Å². The molecule has 7 heteroatoms. The predicted octanol–water partition coefficient (Wildman–Crippen LogP) is 3.57. The molecule has 0 unspecified atom stereocenters. The van der Waals surface area contributed by atoms with Gasteiger partial charge in [-0.25, -0.2) is 4.79 Å². The smallest absolute Gasteiger partial charge is 0.412 e. The van der Waals surface area contributed by atoms with Crippen molar-refractivity contribution < 1.29 is 19.2 Å². The van der Waals surface area contributed by atoms with Gasteiger partial charge in [0.2, 0.25) is 0 Å². The molecule has 1 aromatic rings. The molecule has 0 saturated carbocycles. The number of unbranched alkanes of at least 4 members (excludes halogenated alkanes) is 1. The van der Waals surface area contributed by atoms with E-state index in [1.165, 1.54) is 12.1 Å². The number of nitrogens with one attached hydrogen (secondary N) is 1. The number of carbonyl (C=O) groups is 1. The highest BCUT2D eigenvalue weighted by Crippen LogP contribution is 2.44. The summed E-state index contributed by atoms with van der Waals surface area (Å²) in [5, 5.41) is 13.5. The number of rotatable bonds is 5. The first-order valence-corrected chi connectivity index (χ1v) is 6.81. The summed E-state index contributed by atoms with van der Waals surface area (Å²) in [4.78, 5) is 22.1. The average molecular weight is 294 g/mol. The van der Waals surface area contributed by atoms with Gasteiger partial charge in [-0.1, -0.05) is 13.3 Å². The number of amides is 1. The molecule has 0 spiro atoms. The van der Waals surface area contributed by atoms with E-state index in [4.69, 9.17) is 9.47 Å². The molecule has 0 radical (unpaired) electrons. The Kier molecular flexibility index (Phi) is 4.02. The van der Waals surface area contributed by atoms with Crippen LogP contribution >= 0.6 is 0 Å². The van der Waals surface area contributed by atoms with Gasteiger partial charge in [0.25, 0.3) is 5.69 Å². The number of hydrogen-bond donors (Lipinski definition) is 1. The minimum absolute atomic E-state index is 0.127. The molecule has 21 heavy (non-hydrogen) atoms. The third kappa shape index (κ3) is 3.07. The topological polar surface area (TPSA) is 90.7 Å². The van der Waals surface area contributed by atoms with Crippen molar-refractivity contribution in [1.29, 1.82) is 0 Å². The van der Waals surface area contributed by atoms with Crippen LogP contribution in [-0.4, -0.2) is 17.6 Å². The lowest BCUT2D eigenvalue weighted by Gasteiger charge is -2.33. The molecule has 1 amide bonds. The van der Waals surface area contributed by atoms with Crippen LogP contribution in [0.15, 0.2) is 12.1 Å². The Labute approximate surface area is 122 Å². The number of anilines is 1. The lowest BCUT2D eigenvalue weighted by Crippen LogP contribution is -2.35. The standard InChI is InChI=1S/C14H18N2O5/c1-4-5-6-20-11-8-9(16(18)19)7-10-12(11)14(2,3)21-13(17)15-10/h7-8H,4-6H2,1-3H3,(H,15,17). The maximum absolute atomic E-state index is 11.6. The van der Waals surface area contributed by atoms with Crippen molar-refractivity contribution in [2.45, 2.75) is 39.2 Å². The highest BCUT2D eigenvalue weighted by Gasteiger charge is 2.38. The number of carbonyl (C=O) groups excluding carboxylic acids is 1. The van der Waals surface area contributed by atoms with Crippen molar-refractivity contribution in [2.24, 2.45) is 0 Å². The van der Waals surface area contributed by atoms with Gasteiger partial charge in [-0.3, -0.25) is 15.4 Å². The number of nitro benzene ring substituents is 1. The van der Waals surface area contributed by atoms with E-state index in [2.05, 4.69) is 5.32 Å². The van der Waals surface area contributed by atoms with E-state index in [0.29, 0.717) is 23.6 Å². The van der Waals surface area contributed by atoms with Gasteiger partial charge in [0.05, 0.1) is 28.8 Å². The maximum atomic E-state index is 11.6. The Morgan fingerprint density at radius 1 is 1.43 bits per heavy atom. The van der Waals surface area contributed by atoms with Crippen molar-refractivity contribution in [3.05, 3.63) is 27.8 Å². The first-order valence-electron chi connectivity index (χ1n) is 6.81. The van der Waals surface area contributed by atoms with Crippen LogP contribution in [0.2, 0.25) is 0 Å². The van der Waals surface area contributed by atoms with Crippen LogP contribution in [0.5, 0.6) is 5.75 Å². The highest BCUT2D eigenvalue weighted by atomic mass is 16.6. The second-order valence-corrected chi connectivity index (χ2v) is 5.35. The van der Waals surface area contributed by atoms with Crippen molar-refractivity contribution in [1.82, 2.24) is 0 Å². The van der Waals surface area contributed by atoms with Crippen LogP contribution in [0.3, 0.4) is 0 Å². The number of benzene rings is 1. The van der Waals surface area contributed by atoms with Gasteiger partial charge >= 0.3 is 6.09 Å². The summed E-state index contributed by atoms with van der Waals surface area (Å²) in [5.74, 6) is 0.373. The Hall–Kier alpha value is -2.31. The molecule has 0 aromatic heterocycles. The average Bonchev–Trinajstić information content (AvgIpc) is 2.36. The van der Waals surface area contributed by atoms with E-state index in [0.717, 1.165) is 12.8 Å². The quantitative estimate of drug-likeness (QED) is 0.509. The molecule has 0 aliphatic carbocycles. The molecule has 0 atom stereocenters. The maximum Gasteiger partial charge on any atom is 0.412 e. The number of fused-ring (bicyclic) bond motifs is 1. The zero-order chi connectivity index (χ0) is 15.6. The summed E-state index contributed by atoms with van der Waals surface area (Å²) >= 11 is 0. The minimum Gasteiger partial charge on any atom is -0.493 e. The largest absolute Gasteiger partial charge is 0.493 e. The van der Waals surface area contributed by atoms with Gasteiger partial charge in [-0.2, -0.15) is 0 Å². The van der Waals surface area contributed by atoms with Crippen LogP contribution in [0, 0.1) is 10.1 Å². The zero-order valence-corrected chi connectivity index (χ0v) is 12.3. The fraction of sp³-hybridized carbons (Fsp3) is 0.500. The number of cyclic esters (lactones) is 1. The molecular formula is C14H18N2O5. The number of hydrogen-bond acceptors (Lipinski definition) is 5. The predicted molar refractivity (Wildman–Crippen MR) is 76.6 cm³/mol. The Morgan fingerprint density at radius 2 is 2.14 bits per heavy atom. The molecule has 1 aliphatic rings. The summed E-state index contributed by atoms with van der Waals surface area (Å²) in [6.07, 6.45) is 1.16. The number of non-ortho nitro benzene ring substituents is 1. The molecule has 1 N–H and O–H groups in total. The minimum atomic E-state index is -0.908. The van der Waals surface area contributed by atoms with Crippen LogP contribution < -0.4 is 10.1 Å². The summed E-state index contributed by atoms with van der Waals surface area (Å²) in [5.41, 5.74) is -0.0621. The van der Waals surface area contributed by atoms with E-state index < -0.39 is 16.6 Å². The fourth-order valence-corrected chi connectivity index (χ4v) is 2.28. The summed E-state index contributed by atoms with van der Waals surface area (Å²) < 4.78 is 10.9. The Morgan fingerprint density at radius 3 is 2.76 bits per heavy atom. The Bertz CT molecular complexity index is 583. The third-order valence-corrected chi connectivity index (χ3v) is 3.24. The summed E-state index contributed by atoms with van der Waals surface area (Å²) in [6, 6.07) is 2.70. The summed E-state index contributed by atoms with van der Waals surface area (Å²) in [6.45, 7) is 5.93. The zero-order valence-electron chi connectivity index (χ0n) is 12.3. The number of nitrogens with zero attached hydrogens (tertiary/aromatic N) is 1. The normalized spacial score (nSPS) is 15.7. The second-order valence-electron chi connectivity index (χ2n) is 5.35. The lowest BCUT2D eigenvalue weighted by atomic mass is 9.93. The van der Waals surface area contributed by atoms with Gasteiger partial charge < -0.3 is 9.47 Å². The van der Waals surface area contributed by atoms with Gasteiger partial charge in [-0.05, 0) is 20.3 Å². The molecule has 1 aliphatic heterocycles. The van der Waals surface area contributed by atoms with Gasteiger partial charge in [0.1, 0.15) is 11.4 Å². The van der Waals surface area contributed by atoms with Gasteiger partial charge in [0, 0.05) is 6.07 Å². The monoisotopic (exact) mass is 294 g/mol. The number of ether oxygens (including phenoxy) is 2. The molecule has 2 rings (SSSR count). The lowest BCUT2D eigenvalue weighted by molar-refractivity contribution is -0.384. The SMILES string of the molecule is CCCCOc1cc([N+](=O)[O-])cc2c1C(C)(C)OC(=O)N2. The van der Waals surface area contributed by atoms with Crippen molar-refractivity contribution in [2.75, 3.05) is 11.9 Å². The van der Waals surface area contributed by atoms with Crippen LogP contribution in [0.4, 0.5) is 16.2 Å². The van der Waals surface area contributed by atoms with Crippen molar-refractivity contribution >= 4 is 17.5 Å². The third-order valence-electron chi connectivity index (χ3n) is 3.24. The van der Waals surface area contributed by atoms with Crippen LogP contribution in [0.25, 0.3) is 0 Å². The summed E-state index contributed by atoms with van der Waals surface area (Å²) in [7, 11) is 0. The second kappa shape index (κ2) is 5.59. The van der Waals surface area contributed by atoms with Crippen LogP contribution in [0.1, 0.15) is 39.2 Å². The van der Waals surface area contributed by atoms with Gasteiger partial charge in [-0.15, -0.1) is 0 Å². The molecule has 0 saturated heterocycles. The van der Waals surface area contributed by atoms with Crippen molar-refractivity contribution in [3.8, 4) is 5.75 Å². The highest BCUT2D eigenvalue weighted by molar-refractivity contribution is 5.90. The molecular weight excluding hydrogens is 276 g/mol. The van der Waals surface area contributed by atoms with E-state index in [1.54, 1.807) is 13.8 Å². The Balaban J connectivity index is 2.51. The van der Waals surface area contributed by atoms with E-state index >= 15 is 0 Å². The molecule has 0 fully saturated rings. The molecule has 114 valence electrons. The number of nitro groups is 1. The molecule has 0 bridgehead atoms. The van der Waals surface area contributed by atoms with Crippen LogP contribution in [-0.2, 0) is 10.3 Å². The molecule has 1 heterocycles. The van der Waals surface area contributed by atoms with Crippen molar-refractivity contribution in [3.63, 3.8) is 0 Å².